The number of ether oxygens (including phenoxy) is 5. The topological polar surface area (TPSA) is 92.3 Å². The summed E-state index contributed by atoms with van der Waals surface area (Å²) < 4.78 is 28.3. The Morgan fingerprint density at radius 1 is 1.06 bits per heavy atom. The molecular weight excluding hydrogens is 462 g/mol. The van der Waals surface area contributed by atoms with Crippen molar-refractivity contribution >= 4 is 11.9 Å². The third-order valence-electron chi connectivity index (χ3n) is 6.13. The fraction of sp³-hybridized carbons (Fsp3) is 0.643. The Bertz CT molecular complexity index is 826. The van der Waals surface area contributed by atoms with E-state index < -0.39 is 35.4 Å². The minimum absolute atomic E-state index is 0.0699. The molecule has 0 bridgehead atoms. The normalized spacial score (nSPS) is 20.8. The molecule has 1 aromatic carbocycles. The molecule has 0 spiro atoms. The molecule has 1 aromatic rings. The van der Waals surface area contributed by atoms with Crippen LogP contribution >= 0.6 is 0 Å². The van der Waals surface area contributed by atoms with Crippen LogP contribution in [0.3, 0.4) is 0 Å². The quantitative estimate of drug-likeness (QED) is 0.150. The first-order valence-corrected chi connectivity index (χ1v) is 12.8. The first-order chi connectivity index (χ1) is 17.3. The van der Waals surface area contributed by atoms with Gasteiger partial charge in [0.2, 0.25) is 0 Å². The number of methoxy groups -OCH3 is 2. The van der Waals surface area contributed by atoms with Crippen molar-refractivity contribution in [3.63, 3.8) is 0 Å². The highest BCUT2D eigenvalue weighted by Gasteiger charge is 2.58. The first kappa shape index (κ1) is 30.0. The number of benzene rings is 1. The molecule has 0 saturated carbocycles. The monoisotopic (exact) mass is 505 g/mol. The fourth-order valence-electron chi connectivity index (χ4n) is 4.39. The van der Waals surface area contributed by atoms with Gasteiger partial charge in [0.15, 0.2) is 11.3 Å². The highest BCUT2D eigenvalue weighted by Crippen LogP contribution is 2.37. The smallest absolute Gasteiger partial charge is 0.336 e. The second-order valence-corrected chi connectivity index (χ2v) is 9.54. The third kappa shape index (κ3) is 8.69. The number of hydrogen-bond acceptors (Lipinski definition) is 7. The maximum Gasteiger partial charge on any atom is 0.336 e. The molecule has 0 aliphatic carbocycles. The molecule has 36 heavy (non-hydrogen) atoms. The number of allylic oxidation sites excluding steroid dienone is 1. The summed E-state index contributed by atoms with van der Waals surface area (Å²) in [7, 11) is 2.76. The van der Waals surface area contributed by atoms with Crippen LogP contribution < -0.4 is 5.32 Å². The first-order valence-electron chi connectivity index (χ1n) is 12.8. The summed E-state index contributed by atoms with van der Waals surface area (Å²) in [6.45, 7) is 5.49. The Morgan fingerprint density at radius 3 is 2.44 bits per heavy atom. The summed E-state index contributed by atoms with van der Waals surface area (Å²) in [6.07, 6.45) is 10.4. The molecular formula is C28H43NO7. The molecule has 2 rings (SSSR count). The summed E-state index contributed by atoms with van der Waals surface area (Å²) >= 11 is 0. The number of carbonyl (C=O) groups excluding carboxylic acids is 2. The van der Waals surface area contributed by atoms with Crippen LogP contribution in [-0.4, -0.2) is 63.0 Å². The Labute approximate surface area is 215 Å². The zero-order valence-corrected chi connectivity index (χ0v) is 22.4. The van der Waals surface area contributed by atoms with Crippen LogP contribution in [0.15, 0.2) is 42.5 Å². The third-order valence-corrected chi connectivity index (χ3v) is 6.13. The maximum atomic E-state index is 13.3. The summed E-state index contributed by atoms with van der Waals surface area (Å²) in [4.78, 5) is 26.6. The van der Waals surface area contributed by atoms with Crippen LogP contribution in [0.4, 0.5) is 0 Å². The van der Waals surface area contributed by atoms with Gasteiger partial charge in [0.1, 0.15) is 12.9 Å². The van der Waals surface area contributed by atoms with Gasteiger partial charge in [-0.15, -0.1) is 0 Å². The Balaban J connectivity index is 2.28. The van der Waals surface area contributed by atoms with Gasteiger partial charge in [-0.25, -0.2) is 4.79 Å². The van der Waals surface area contributed by atoms with Crippen LogP contribution in [0, 0.1) is 0 Å². The molecule has 1 N–H and O–H groups in total. The van der Waals surface area contributed by atoms with Crippen LogP contribution in [0.25, 0.3) is 0 Å². The van der Waals surface area contributed by atoms with Crippen LogP contribution in [0.5, 0.6) is 0 Å². The molecule has 1 fully saturated rings. The van der Waals surface area contributed by atoms with Crippen molar-refractivity contribution in [1.29, 1.82) is 0 Å². The minimum Gasteiger partial charge on any atom is -0.467 e. The number of amides is 1. The Morgan fingerprint density at radius 2 is 1.78 bits per heavy atom. The van der Waals surface area contributed by atoms with Gasteiger partial charge in [-0.1, -0.05) is 63.0 Å². The number of nitrogens with one attached hydrogen (secondary N) is 1. The summed E-state index contributed by atoms with van der Waals surface area (Å²) in [5.41, 5.74) is -1.26. The van der Waals surface area contributed by atoms with Crippen molar-refractivity contribution in [3.05, 3.63) is 48.0 Å². The maximum absolute atomic E-state index is 13.3. The summed E-state index contributed by atoms with van der Waals surface area (Å²) in [5, 5.41) is 2.87. The van der Waals surface area contributed by atoms with Gasteiger partial charge in [-0.05, 0) is 45.2 Å². The molecule has 1 aliphatic rings. The molecule has 8 nitrogen and oxygen atoms in total. The van der Waals surface area contributed by atoms with Crippen molar-refractivity contribution in [2.75, 3.05) is 27.6 Å². The van der Waals surface area contributed by atoms with E-state index in [4.69, 9.17) is 23.7 Å². The minimum atomic E-state index is -1.66. The summed E-state index contributed by atoms with van der Waals surface area (Å²) in [6, 6.07) is 8.66. The van der Waals surface area contributed by atoms with Crippen molar-refractivity contribution in [2.45, 2.75) is 89.3 Å². The highest BCUT2D eigenvalue weighted by molar-refractivity contribution is 5.98. The van der Waals surface area contributed by atoms with Gasteiger partial charge in [0, 0.05) is 12.7 Å². The van der Waals surface area contributed by atoms with E-state index in [0.29, 0.717) is 12.0 Å². The van der Waals surface area contributed by atoms with Gasteiger partial charge >= 0.3 is 5.97 Å². The molecule has 1 aliphatic heterocycles. The fourth-order valence-corrected chi connectivity index (χ4v) is 4.39. The van der Waals surface area contributed by atoms with E-state index in [0.717, 1.165) is 12.8 Å². The van der Waals surface area contributed by atoms with E-state index in [9.17, 15) is 9.59 Å². The van der Waals surface area contributed by atoms with Crippen molar-refractivity contribution < 1.29 is 33.3 Å². The van der Waals surface area contributed by atoms with E-state index in [-0.39, 0.29) is 13.4 Å². The summed E-state index contributed by atoms with van der Waals surface area (Å²) in [5.74, 6) is -2.10. The molecule has 202 valence electrons. The molecule has 3 atom stereocenters. The number of esters is 1. The van der Waals surface area contributed by atoms with Crippen molar-refractivity contribution in [3.8, 4) is 0 Å². The molecule has 0 radical (unpaired) electrons. The van der Waals surface area contributed by atoms with Gasteiger partial charge < -0.3 is 29.0 Å². The van der Waals surface area contributed by atoms with Crippen molar-refractivity contribution in [2.24, 2.45) is 0 Å². The van der Waals surface area contributed by atoms with Gasteiger partial charge in [-0.3, -0.25) is 4.79 Å². The molecule has 0 unspecified atom stereocenters. The average Bonchev–Trinajstić information content (AvgIpc) is 3.19. The zero-order chi connectivity index (χ0) is 26.4. The highest BCUT2D eigenvalue weighted by atomic mass is 16.8. The molecule has 1 amide bonds. The second kappa shape index (κ2) is 15.1. The Kier molecular flexibility index (Phi) is 12.6. The standard InChI is InChI=1S/C28H43NO7/c1-6-7-8-9-10-11-12-16-19-23-24(36-27(2,3)35-23)28(26(31)33-5,20-34-21-32-4)29-25(30)22-17-14-13-15-18-22/h12-18,23-24H,6-11,19-21H2,1-5H3,(H,29,30)/b16-12+/t23-,24+,28+/m1/s1. The van der Waals surface area contributed by atoms with Crippen LogP contribution in [0.1, 0.15) is 76.1 Å². The molecule has 1 heterocycles. The van der Waals surface area contributed by atoms with Gasteiger partial charge in [0.05, 0.1) is 19.8 Å². The van der Waals surface area contributed by atoms with Crippen LogP contribution in [-0.2, 0) is 28.5 Å². The Hall–Kier alpha value is -2.26. The second-order valence-electron chi connectivity index (χ2n) is 9.54. The van der Waals surface area contributed by atoms with E-state index in [1.807, 2.05) is 6.07 Å². The van der Waals surface area contributed by atoms with E-state index in [1.54, 1.807) is 38.1 Å². The predicted octanol–water partition coefficient (Wildman–Crippen LogP) is 4.78. The lowest BCUT2D eigenvalue weighted by Crippen LogP contribution is -2.67. The number of hydrogen-bond donors (Lipinski definition) is 1. The van der Waals surface area contributed by atoms with Gasteiger partial charge in [0.25, 0.3) is 5.91 Å². The molecule has 8 heteroatoms. The zero-order valence-electron chi connectivity index (χ0n) is 22.4. The lowest BCUT2D eigenvalue weighted by molar-refractivity contribution is -0.175. The van der Waals surface area contributed by atoms with Crippen molar-refractivity contribution in [1.82, 2.24) is 5.32 Å². The van der Waals surface area contributed by atoms with Gasteiger partial charge in [-0.2, -0.15) is 0 Å². The average molecular weight is 506 g/mol. The van der Waals surface area contributed by atoms with E-state index in [2.05, 4.69) is 24.4 Å². The molecule has 1 saturated heterocycles. The SMILES string of the molecule is CCCCCCC/C=C/C[C@H]1OC(C)(C)O[C@@H]1[C@](COCOC)(NC(=O)c1ccccc1)C(=O)OC. The predicted molar refractivity (Wildman–Crippen MR) is 137 cm³/mol. The van der Waals surface area contributed by atoms with E-state index >= 15 is 0 Å². The number of rotatable bonds is 16. The number of carbonyl (C=O) groups is 2. The molecule has 0 aromatic heterocycles. The van der Waals surface area contributed by atoms with Crippen LogP contribution in [0.2, 0.25) is 0 Å². The van der Waals surface area contributed by atoms with E-state index in [1.165, 1.54) is 39.9 Å². The lowest BCUT2D eigenvalue weighted by Gasteiger charge is -2.37. The lowest BCUT2D eigenvalue weighted by atomic mass is 9.87. The number of unbranched alkanes of at least 4 members (excludes halogenated alkanes) is 5. The largest absolute Gasteiger partial charge is 0.467 e.